The quantitative estimate of drug-likeness (QED) is 0.117. The maximum absolute atomic E-state index is 12.7. The largest absolute Gasteiger partial charge is 0.480 e. The van der Waals surface area contributed by atoms with Crippen molar-refractivity contribution >= 4 is 23.7 Å². The van der Waals surface area contributed by atoms with Crippen LogP contribution in [0.5, 0.6) is 0 Å². The maximum atomic E-state index is 12.7. The summed E-state index contributed by atoms with van der Waals surface area (Å²) >= 11 is 0. The van der Waals surface area contributed by atoms with Crippen LogP contribution in [0, 0.1) is 0 Å². The van der Waals surface area contributed by atoms with Gasteiger partial charge in [0, 0.05) is 0 Å². The van der Waals surface area contributed by atoms with E-state index < -0.39 is 54.0 Å². The summed E-state index contributed by atoms with van der Waals surface area (Å²) < 4.78 is 0. The molecule has 5 atom stereocenters. The number of hydrogen-bond donors (Lipinski definition) is 8. The highest BCUT2D eigenvalue weighted by Gasteiger charge is 2.31. The number of aliphatic hydroxyl groups is 1. The molecule has 0 spiro atoms. The summed E-state index contributed by atoms with van der Waals surface area (Å²) in [7, 11) is 0. The molecule has 12 heteroatoms. The van der Waals surface area contributed by atoms with Crippen molar-refractivity contribution in [3.63, 3.8) is 0 Å². The van der Waals surface area contributed by atoms with E-state index in [-0.39, 0.29) is 6.42 Å². The zero-order valence-electron chi connectivity index (χ0n) is 18.3. The molecule has 0 radical (unpaired) electrons. The Kier molecular flexibility index (Phi) is 14.4. The van der Waals surface area contributed by atoms with Gasteiger partial charge in [0.15, 0.2) is 0 Å². The van der Waals surface area contributed by atoms with Crippen LogP contribution in [0.4, 0.5) is 0 Å². The van der Waals surface area contributed by atoms with E-state index in [1.807, 2.05) is 0 Å². The van der Waals surface area contributed by atoms with Crippen molar-refractivity contribution in [2.75, 3.05) is 13.1 Å². The molecule has 0 bridgehead atoms. The molecule has 0 heterocycles. The minimum Gasteiger partial charge on any atom is -0.480 e. The van der Waals surface area contributed by atoms with Crippen LogP contribution < -0.4 is 33.2 Å². The van der Waals surface area contributed by atoms with Crippen LogP contribution in [-0.2, 0) is 19.2 Å². The first-order chi connectivity index (χ1) is 14.5. The van der Waals surface area contributed by atoms with Crippen LogP contribution >= 0.6 is 0 Å². The van der Waals surface area contributed by atoms with E-state index in [9.17, 15) is 24.3 Å². The summed E-state index contributed by atoms with van der Waals surface area (Å²) in [6.07, 6.45) is 1.77. The molecule has 0 fully saturated rings. The molecule has 180 valence electrons. The second-order valence-corrected chi connectivity index (χ2v) is 7.53. The fourth-order valence-electron chi connectivity index (χ4n) is 2.70. The zero-order valence-corrected chi connectivity index (χ0v) is 18.3. The number of aliphatic hydroxyl groups excluding tert-OH is 1. The van der Waals surface area contributed by atoms with Gasteiger partial charge >= 0.3 is 5.97 Å². The third-order valence-corrected chi connectivity index (χ3v) is 4.68. The fraction of sp³-hybridized carbons (Fsp3) is 0.789. The summed E-state index contributed by atoms with van der Waals surface area (Å²) in [4.78, 5) is 48.5. The number of aliphatic carboxylic acids is 1. The predicted octanol–water partition coefficient (Wildman–Crippen LogP) is -2.49. The Labute approximate surface area is 182 Å². The first kappa shape index (κ1) is 28.7. The Morgan fingerprint density at radius 1 is 0.806 bits per heavy atom. The lowest BCUT2D eigenvalue weighted by Gasteiger charge is -2.26. The minimum absolute atomic E-state index is 0.209. The van der Waals surface area contributed by atoms with Gasteiger partial charge in [0.25, 0.3) is 0 Å². The average molecular weight is 447 g/mol. The summed E-state index contributed by atoms with van der Waals surface area (Å²) in [5.41, 5.74) is 16.7. The second-order valence-electron chi connectivity index (χ2n) is 7.53. The van der Waals surface area contributed by atoms with Crippen molar-refractivity contribution in [3.05, 3.63) is 0 Å². The standard InChI is InChI=1S/C19H38N6O6/c1-11(19(30)31)23-17(28)14(8-4-6-10-21)24-18(29)15(12(2)26)25-16(27)13(22)7-3-5-9-20/h11-15,26H,3-10,20-22H2,1-2H3,(H,23,28)(H,24,29)(H,25,27)(H,30,31)/t11-,12+,13-,14-,15-/m0/s1. The van der Waals surface area contributed by atoms with Gasteiger partial charge in [-0.2, -0.15) is 0 Å². The first-order valence-electron chi connectivity index (χ1n) is 10.5. The third-order valence-electron chi connectivity index (χ3n) is 4.68. The monoisotopic (exact) mass is 446 g/mol. The van der Waals surface area contributed by atoms with Crippen LogP contribution in [0.15, 0.2) is 0 Å². The molecule has 0 aromatic rings. The molecular formula is C19H38N6O6. The molecule has 0 saturated heterocycles. The van der Waals surface area contributed by atoms with E-state index in [0.717, 1.165) is 0 Å². The van der Waals surface area contributed by atoms with E-state index in [4.69, 9.17) is 22.3 Å². The van der Waals surface area contributed by atoms with Crippen molar-refractivity contribution in [1.29, 1.82) is 0 Å². The normalized spacial score (nSPS) is 15.8. The molecule has 31 heavy (non-hydrogen) atoms. The molecule has 0 rings (SSSR count). The minimum atomic E-state index is -1.34. The molecular weight excluding hydrogens is 408 g/mol. The smallest absolute Gasteiger partial charge is 0.325 e. The highest BCUT2D eigenvalue weighted by molar-refractivity contribution is 5.94. The SMILES string of the molecule is C[C@H](NC(=O)[C@H](CCCCN)NC(=O)[C@@H](NC(=O)[C@@H](N)CCCCN)[C@@H](C)O)C(=O)O. The fourth-order valence-corrected chi connectivity index (χ4v) is 2.70. The van der Waals surface area contributed by atoms with Crippen LogP contribution in [0.1, 0.15) is 52.4 Å². The van der Waals surface area contributed by atoms with Gasteiger partial charge in [0.2, 0.25) is 17.7 Å². The van der Waals surface area contributed by atoms with Crippen LogP contribution in [0.2, 0.25) is 0 Å². The van der Waals surface area contributed by atoms with Gasteiger partial charge < -0.3 is 43.4 Å². The Morgan fingerprint density at radius 2 is 1.35 bits per heavy atom. The summed E-state index contributed by atoms with van der Waals surface area (Å²) in [5.74, 6) is -3.30. The molecule has 0 aliphatic heterocycles. The lowest BCUT2D eigenvalue weighted by molar-refractivity contribution is -0.142. The number of carboxylic acids is 1. The van der Waals surface area contributed by atoms with Crippen molar-refractivity contribution in [3.8, 4) is 0 Å². The van der Waals surface area contributed by atoms with E-state index in [1.54, 1.807) is 0 Å². The topological polar surface area (TPSA) is 223 Å². The molecule has 12 nitrogen and oxygen atoms in total. The summed E-state index contributed by atoms with van der Waals surface area (Å²) in [5, 5.41) is 26.2. The van der Waals surface area contributed by atoms with Crippen molar-refractivity contribution in [2.45, 2.75) is 82.6 Å². The highest BCUT2D eigenvalue weighted by Crippen LogP contribution is 2.05. The van der Waals surface area contributed by atoms with Gasteiger partial charge in [-0.05, 0) is 59.0 Å². The lowest BCUT2D eigenvalue weighted by atomic mass is 10.1. The number of carbonyl (C=O) groups is 4. The molecule has 0 aromatic carbocycles. The zero-order chi connectivity index (χ0) is 24.0. The van der Waals surface area contributed by atoms with E-state index in [0.29, 0.717) is 45.2 Å². The van der Waals surface area contributed by atoms with Gasteiger partial charge in [0.1, 0.15) is 18.1 Å². The van der Waals surface area contributed by atoms with Crippen LogP contribution in [0.3, 0.4) is 0 Å². The number of unbranched alkanes of at least 4 members (excludes halogenated alkanes) is 2. The molecule has 0 unspecified atom stereocenters. The maximum Gasteiger partial charge on any atom is 0.325 e. The van der Waals surface area contributed by atoms with Gasteiger partial charge in [-0.25, -0.2) is 0 Å². The average Bonchev–Trinajstić information content (AvgIpc) is 2.70. The van der Waals surface area contributed by atoms with Crippen molar-refractivity contribution in [1.82, 2.24) is 16.0 Å². The van der Waals surface area contributed by atoms with E-state index in [1.165, 1.54) is 13.8 Å². The number of nitrogens with one attached hydrogen (secondary N) is 3. The molecule has 0 aliphatic carbocycles. The Bertz CT molecular complexity index is 588. The Hall–Kier alpha value is -2.28. The number of nitrogens with two attached hydrogens (primary N) is 3. The Morgan fingerprint density at radius 3 is 1.84 bits per heavy atom. The Balaban J connectivity index is 5.16. The van der Waals surface area contributed by atoms with Crippen molar-refractivity contribution in [2.24, 2.45) is 17.2 Å². The van der Waals surface area contributed by atoms with Gasteiger partial charge in [-0.3, -0.25) is 19.2 Å². The van der Waals surface area contributed by atoms with Gasteiger partial charge in [0.05, 0.1) is 12.1 Å². The molecule has 0 aliphatic rings. The van der Waals surface area contributed by atoms with Crippen LogP contribution in [0.25, 0.3) is 0 Å². The first-order valence-corrected chi connectivity index (χ1v) is 10.5. The van der Waals surface area contributed by atoms with Gasteiger partial charge in [-0.1, -0.05) is 6.42 Å². The summed E-state index contributed by atoms with van der Waals surface area (Å²) in [6.45, 7) is 3.48. The van der Waals surface area contributed by atoms with Gasteiger partial charge in [-0.15, -0.1) is 0 Å². The number of amides is 3. The second kappa shape index (κ2) is 15.5. The number of carbonyl (C=O) groups excluding carboxylic acids is 3. The van der Waals surface area contributed by atoms with Crippen LogP contribution in [-0.4, -0.2) is 77.3 Å². The predicted molar refractivity (Wildman–Crippen MR) is 115 cm³/mol. The summed E-state index contributed by atoms with van der Waals surface area (Å²) in [6, 6.07) is -4.42. The molecule has 0 aromatic heterocycles. The van der Waals surface area contributed by atoms with E-state index in [2.05, 4.69) is 16.0 Å². The molecule has 0 saturated carbocycles. The highest BCUT2D eigenvalue weighted by atomic mass is 16.4. The number of rotatable bonds is 16. The number of hydrogen-bond acceptors (Lipinski definition) is 8. The lowest BCUT2D eigenvalue weighted by Crippen LogP contribution is -2.59. The third kappa shape index (κ3) is 11.6. The molecule has 3 amide bonds. The molecule has 11 N–H and O–H groups in total. The van der Waals surface area contributed by atoms with Crippen molar-refractivity contribution < 1.29 is 29.4 Å². The van der Waals surface area contributed by atoms with E-state index >= 15 is 0 Å². The number of carboxylic acid groups (broad SMARTS) is 1.